The molecule has 5 nitrogen and oxygen atoms in total. The number of aromatic nitrogens is 1. The first-order valence-corrected chi connectivity index (χ1v) is 4.86. The molecule has 0 fully saturated rings. The molecule has 5 heteroatoms. The Kier molecular flexibility index (Phi) is 3.84. The van der Waals surface area contributed by atoms with E-state index < -0.39 is 11.5 Å². The van der Waals surface area contributed by atoms with Crippen molar-refractivity contribution in [1.82, 2.24) is 4.57 Å². The minimum Gasteiger partial charge on any atom is -0.465 e. The summed E-state index contributed by atoms with van der Waals surface area (Å²) in [6.45, 7) is 3.47. The molecule has 0 radical (unpaired) electrons. The van der Waals surface area contributed by atoms with E-state index in [9.17, 15) is 9.59 Å². The maximum Gasteiger partial charge on any atom is 0.326 e. The summed E-state index contributed by atoms with van der Waals surface area (Å²) in [4.78, 5) is 22.9. The second-order valence-corrected chi connectivity index (χ2v) is 3.22. The van der Waals surface area contributed by atoms with Gasteiger partial charge in [0.25, 0.3) is 5.56 Å². The zero-order chi connectivity index (χ0) is 12.1. The highest BCUT2D eigenvalue weighted by atomic mass is 16.5. The molecule has 0 spiro atoms. The maximum atomic E-state index is 11.7. The van der Waals surface area contributed by atoms with E-state index in [-0.39, 0.29) is 18.7 Å². The summed E-state index contributed by atoms with van der Waals surface area (Å²) >= 11 is 0. The lowest BCUT2D eigenvalue weighted by Crippen LogP contribution is -2.27. The number of pyridine rings is 1. The zero-order valence-corrected chi connectivity index (χ0v) is 9.19. The summed E-state index contributed by atoms with van der Waals surface area (Å²) < 4.78 is 5.89. The molecule has 0 aromatic carbocycles. The summed E-state index contributed by atoms with van der Waals surface area (Å²) in [5.74, 6) is -0.489. The van der Waals surface area contributed by atoms with Gasteiger partial charge in [0.05, 0.1) is 6.61 Å². The van der Waals surface area contributed by atoms with Gasteiger partial charge in [-0.15, -0.1) is 0 Å². The number of carbonyl (C=O) groups is 1. The predicted molar refractivity (Wildman–Crippen MR) is 56.8 cm³/mol. The van der Waals surface area contributed by atoms with Crippen LogP contribution in [0.4, 0.5) is 0 Å². The molecule has 0 saturated heterocycles. The van der Waals surface area contributed by atoms with Crippen molar-refractivity contribution in [2.24, 2.45) is 0 Å². The summed E-state index contributed by atoms with van der Waals surface area (Å²) in [7, 11) is 0. The number of hydrogen-bond acceptors (Lipinski definition) is 4. The van der Waals surface area contributed by atoms with Gasteiger partial charge >= 0.3 is 5.97 Å². The molecule has 0 bridgehead atoms. The van der Waals surface area contributed by atoms with Crippen LogP contribution in [0.2, 0.25) is 0 Å². The third-order valence-electron chi connectivity index (χ3n) is 2.09. The van der Waals surface area contributed by atoms with Gasteiger partial charge in [0.2, 0.25) is 0 Å². The van der Waals surface area contributed by atoms with Crippen LogP contribution in [0.25, 0.3) is 0 Å². The molecule has 84 valence electrons. The SMILES string of the molecule is CCOC(=O)Cn1ccc(C)c(C#N)c1=O. The van der Waals surface area contributed by atoms with E-state index in [0.717, 1.165) is 0 Å². The van der Waals surface area contributed by atoms with Crippen LogP contribution in [0.15, 0.2) is 17.1 Å². The predicted octanol–water partition coefficient (Wildman–Crippen LogP) is 0.592. The van der Waals surface area contributed by atoms with Crippen molar-refractivity contribution in [2.45, 2.75) is 20.4 Å². The Morgan fingerprint density at radius 2 is 2.31 bits per heavy atom. The lowest BCUT2D eigenvalue weighted by atomic mass is 10.2. The molecule has 0 N–H and O–H groups in total. The van der Waals surface area contributed by atoms with Gasteiger partial charge in [-0.2, -0.15) is 5.26 Å². The van der Waals surface area contributed by atoms with Crippen molar-refractivity contribution < 1.29 is 9.53 Å². The molecule has 16 heavy (non-hydrogen) atoms. The molecule has 0 amide bonds. The number of nitriles is 1. The van der Waals surface area contributed by atoms with Crippen LogP contribution in [0.5, 0.6) is 0 Å². The van der Waals surface area contributed by atoms with Crippen LogP contribution in [0.3, 0.4) is 0 Å². The van der Waals surface area contributed by atoms with Gasteiger partial charge in [-0.05, 0) is 25.5 Å². The molecule has 0 aliphatic carbocycles. The Bertz CT molecular complexity index is 497. The molecule has 1 aromatic heterocycles. The number of rotatable bonds is 3. The van der Waals surface area contributed by atoms with Crippen LogP contribution >= 0.6 is 0 Å². The number of carbonyl (C=O) groups excluding carboxylic acids is 1. The van der Waals surface area contributed by atoms with Crippen LogP contribution in [0.1, 0.15) is 18.1 Å². The van der Waals surface area contributed by atoms with Crippen LogP contribution in [-0.4, -0.2) is 17.1 Å². The number of aryl methyl sites for hydroxylation is 1. The lowest BCUT2D eigenvalue weighted by molar-refractivity contribution is -0.143. The van der Waals surface area contributed by atoms with Gasteiger partial charge in [-0.1, -0.05) is 0 Å². The standard InChI is InChI=1S/C11H12N2O3/c1-3-16-10(14)7-13-5-4-8(2)9(6-12)11(13)15/h4-5H,3,7H2,1-2H3. The highest BCUT2D eigenvalue weighted by Crippen LogP contribution is 1.99. The first-order valence-electron chi connectivity index (χ1n) is 4.86. The highest BCUT2D eigenvalue weighted by molar-refractivity contribution is 5.69. The third-order valence-corrected chi connectivity index (χ3v) is 2.09. The summed E-state index contributed by atoms with van der Waals surface area (Å²) in [5, 5.41) is 8.78. The third kappa shape index (κ3) is 2.48. The van der Waals surface area contributed by atoms with Gasteiger partial charge in [-0.3, -0.25) is 9.59 Å². The van der Waals surface area contributed by atoms with Crippen molar-refractivity contribution in [3.05, 3.63) is 33.7 Å². The van der Waals surface area contributed by atoms with Gasteiger partial charge < -0.3 is 9.30 Å². The molecule has 0 aliphatic heterocycles. The second-order valence-electron chi connectivity index (χ2n) is 3.22. The van der Waals surface area contributed by atoms with E-state index in [1.54, 1.807) is 19.9 Å². The van der Waals surface area contributed by atoms with Crippen molar-refractivity contribution in [3.8, 4) is 6.07 Å². The zero-order valence-electron chi connectivity index (χ0n) is 9.19. The number of nitrogens with zero attached hydrogens (tertiary/aromatic N) is 2. The van der Waals surface area contributed by atoms with E-state index in [1.165, 1.54) is 10.8 Å². The van der Waals surface area contributed by atoms with Gasteiger partial charge in [0, 0.05) is 6.20 Å². The van der Waals surface area contributed by atoms with Crippen LogP contribution in [-0.2, 0) is 16.1 Å². The largest absolute Gasteiger partial charge is 0.465 e. The maximum absolute atomic E-state index is 11.7. The molecule has 0 saturated carbocycles. The van der Waals surface area contributed by atoms with E-state index in [1.807, 2.05) is 6.07 Å². The minimum atomic E-state index is -0.489. The van der Waals surface area contributed by atoms with E-state index >= 15 is 0 Å². The van der Waals surface area contributed by atoms with Gasteiger partial charge in [0.15, 0.2) is 0 Å². The lowest BCUT2D eigenvalue weighted by Gasteiger charge is -2.06. The highest BCUT2D eigenvalue weighted by Gasteiger charge is 2.09. The second kappa shape index (κ2) is 5.12. The van der Waals surface area contributed by atoms with E-state index in [2.05, 4.69) is 0 Å². The molecule has 1 heterocycles. The van der Waals surface area contributed by atoms with Crippen LogP contribution < -0.4 is 5.56 Å². The molecular formula is C11H12N2O3. The topological polar surface area (TPSA) is 72.1 Å². The molecule has 1 rings (SSSR count). The smallest absolute Gasteiger partial charge is 0.326 e. The average molecular weight is 220 g/mol. The quantitative estimate of drug-likeness (QED) is 0.699. The molecule has 0 aliphatic rings. The Morgan fingerprint density at radius 1 is 1.62 bits per heavy atom. The van der Waals surface area contributed by atoms with Crippen molar-refractivity contribution in [2.75, 3.05) is 6.61 Å². The monoisotopic (exact) mass is 220 g/mol. The Morgan fingerprint density at radius 3 is 2.88 bits per heavy atom. The van der Waals surface area contributed by atoms with E-state index in [0.29, 0.717) is 5.56 Å². The summed E-state index contributed by atoms with van der Waals surface area (Å²) in [5.41, 5.74) is 0.204. The van der Waals surface area contributed by atoms with E-state index in [4.69, 9.17) is 10.00 Å². The Balaban J connectivity index is 3.05. The minimum absolute atomic E-state index is 0.0619. The summed E-state index contributed by atoms with van der Waals surface area (Å²) in [6, 6.07) is 3.45. The fraction of sp³-hybridized carbons (Fsp3) is 0.364. The molecule has 0 unspecified atom stereocenters. The van der Waals surface area contributed by atoms with Gasteiger partial charge in [-0.25, -0.2) is 0 Å². The van der Waals surface area contributed by atoms with Crippen molar-refractivity contribution in [3.63, 3.8) is 0 Å². The first-order chi connectivity index (χ1) is 7.60. The fourth-order valence-electron chi connectivity index (χ4n) is 1.27. The average Bonchev–Trinajstić information content (AvgIpc) is 2.23. The fourth-order valence-corrected chi connectivity index (χ4v) is 1.27. The Hall–Kier alpha value is -2.09. The first kappa shape index (κ1) is 12.0. The molecule has 1 aromatic rings. The molecular weight excluding hydrogens is 208 g/mol. The number of esters is 1. The Labute approximate surface area is 92.9 Å². The molecule has 0 atom stereocenters. The van der Waals surface area contributed by atoms with Crippen LogP contribution in [0, 0.1) is 18.3 Å². The number of ether oxygens (including phenoxy) is 1. The summed E-state index contributed by atoms with van der Waals surface area (Å²) in [6.07, 6.45) is 1.48. The number of hydrogen-bond donors (Lipinski definition) is 0. The van der Waals surface area contributed by atoms with Crippen molar-refractivity contribution >= 4 is 5.97 Å². The van der Waals surface area contributed by atoms with Gasteiger partial charge in [0.1, 0.15) is 18.2 Å². The van der Waals surface area contributed by atoms with Crippen molar-refractivity contribution in [1.29, 1.82) is 5.26 Å². The normalized spacial score (nSPS) is 9.56.